The molecule has 65 heavy (non-hydrogen) atoms. The number of aliphatic carboxylic acids is 1. The summed E-state index contributed by atoms with van der Waals surface area (Å²) in [5.41, 5.74) is 3.65. The maximum Gasteiger partial charge on any atom is 0.389 e. The first kappa shape index (κ1) is 55.8. The molecular formula is C35H42Cl2F6N9O11PS. The van der Waals surface area contributed by atoms with Gasteiger partial charge in [-0.25, -0.2) is 31.7 Å². The lowest BCUT2D eigenvalue weighted by Crippen LogP contribution is -2.35. The lowest BCUT2D eigenvalue weighted by atomic mass is 10.1. The summed E-state index contributed by atoms with van der Waals surface area (Å²) >= 11 is 11.9. The second-order valence-electron chi connectivity index (χ2n) is 13.2. The number of aryl methyl sites for hydroxylation is 3. The van der Waals surface area contributed by atoms with Crippen molar-refractivity contribution in [3.63, 3.8) is 0 Å². The van der Waals surface area contributed by atoms with Crippen molar-refractivity contribution in [1.82, 2.24) is 34.0 Å². The monoisotopic (exact) mass is 1010 g/mol. The van der Waals surface area contributed by atoms with Crippen molar-refractivity contribution in [3.05, 3.63) is 80.5 Å². The number of esters is 1. The van der Waals surface area contributed by atoms with E-state index in [-0.39, 0.29) is 75.6 Å². The van der Waals surface area contributed by atoms with Crippen molar-refractivity contribution in [3.8, 4) is 11.7 Å². The number of hydrogen-bond donors (Lipinski definition) is 5. The van der Waals surface area contributed by atoms with E-state index in [4.69, 9.17) is 48.4 Å². The molecule has 0 aliphatic rings. The van der Waals surface area contributed by atoms with E-state index in [9.17, 15) is 58.5 Å². The molecule has 0 saturated carbocycles. The molecule has 2 aromatic heterocycles. The largest absolute Gasteiger partial charge is 0.480 e. The predicted octanol–water partition coefficient (Wildman–Crippen LogP) is 5.13. The van der Waals surface area contributed by atoms with E-state index in [2.05, 4.69) is 25.4 Å². The van der Waals surface area contributed by atoms with E-state index in [1.54, 1.807) is 11.6 Å². The standard InChI is InChI=1S/C15H14Cl2F3N3O3.C15H16F3N5O4S.C5H12NO4P/c1-3-26-13(24)10(17)4-8-5-12(11(18)6-9(8)16)23-15(25)22(14(19)20)7(2)21-23;1-9-19-12(22-14(20-9)27-2)21-13(24)23-28(25,26)11-6-4-3-5-10(11)7-8-15(16,17)18;1-11(9,10)3-2-4(6)5(7)8/h5-6,10,14H,3-4H2,1-2H3;3-6H,7-8H2,1-2H3,(H2,19,20,21,22,23,24);4H,2-3,6H2,1H3,(H,7,8)(H,9,10). The number of nitrogens with one attached hydrogen (secondary N) is 2. The second kappa shape index (κ2) is 24.3. The third kappa shape index (κ3) is 18.2. The molecule has 4 rings (SSSR count). The van der Waals surface area contributed by atoms with E-state index in [1.807, 2.05) is 0 Å². The Morgan fingerprint density at radius 1 is 1.08 bits per heavy atom. The van der Waals surface area contributed by atoms with Gasteiger partial charge in [-0.2, -0.15) is 41.6 Å². The van der Waals surface area contributed by atoms with Gasteiger partial charge in [-0.1, -0.05) is 29.8 Å². The van der Waals surface area contributed by atoms with E-state index in [1.165, 1.54) is 45.8 Å². The molecular weight excluding hydrogens is 970 g/mol. The second-order valence-corrected chi connectivity index (χ2v) is 18.3. The number of carbonyl (C=O) groups excluding carboxylic acids is 2. The van der Waals surface area contributed by atoms with Gasteiger partial charge in [0.2, 0.25) is 5.95 Å². The Morgan fingerprint density at radius 3 is 2.25 bits per heavy atom. The summed E-state index contributed by atoms with van der Waals surface area (Å²) in [5, 5.41) is 12.9. The van der Waals surface area contributed by atoms with E-state index < -0.39 is 88.8 Å². The van der Waals surface area contributed by atoms with Crippen molar-refractivity contribution in [2.24, 2.45) is 5.73 Å². The van der Waals surface area contributed by atoms with Gasteiger partial charge in [-0.15, -0.1) is 16.7 Å². The third-order valence-electron chi connectivity index (χ3n) is 7.94. The SMILES string of the molecule is CCOC(=O)C(Cl)Cc1cc(-n2nc(C)n(C(F)F)c2=O)c(F)cc1Cl.COc1nc(C)nc(NC(=O)NS(=O)(=O)c2ccccc2CCC(F)(F)F)n1.CP(=O)(O)CCC(N)C(=O)O. The summed E-state index contributed by atoms with van der Waals surface area (Å²) in [5.74, 6) is -3.11. The van der Waals surface area contributed by atoms with Crippen LogP contribution in [0.5, 0.6) is 6.01 Å². The highest BCUT2D eigenvalue weighted by Crippen LogP contribution is 2.35. The molecule has 20 nitrogen and oxygen atoms in total. The number of ether oxygens (including phenoxy) is 2. The highest BCUT2D eigenvalue weighted by atomic mass is 35.5. The van der Waals surface area contributed by atoms with Gasteiger partial charge in [-0.05, 0) is 62.9 Å². The Morgan fingerprint density at radius 2 is 1.71 bits per heavy atom. The summed E-state index contributed by atoms with van der Waals surface area (Å²) in [6.07, 6.45) is -6.31. The number of alkyl halides is 6. The summed E-state index contributed by atoms with van der Waals surface area (Å²) < 4.78 is 125. The van der Waals surface area contributed by atoms with Gasteiger partial charge in [0.05, 0.1) is 18.6 Å². The Kier molecular flexibility index (Phi) is 20.8. The number of nitrogens with two attached hydrogens (primary N) is 1. The van der Waals surface area contributed by atoms with Crippen molar-refractivity contribution >= 4 is 64.5 Å². The Balaban J connectivity index is 0.000000365. The summed E-state index contributed by atoms with van der Waals surface area (Å²) in [6.45, 7) is 2.49. The molecule has 6 N–H and O–H groups in total. The highest BCUT2D eigenvalue weighted by molar-refractivity contribution is 7.90. The molecule has 0 spiro atoms. The molecule has 0 saturated heterocycles. The molecule has 3 atom stereocenters. The van der Waals surface area contributed by atoms with Crippen LogP contribution in [-0.2, 0) is 41.8 Å². The van der Waals surface area contributed by atoms with Crippen LogP contribution in [0.2, 0.25) is 5.02 Å². The minimum absolute atomic E-state index is 0.0412. The quantitative estimate of drug-likeness (QED) is 0.0421. The van der Waals surface area contributed by atoms with Crippen LogP contribution in [0.1, 0.15) is 49.1 Å². The van der Waals surface area contributed by atoms with E-state index >= 15 is 0 Å². The molecule has 4 aromatic rings. The topological polar surface area (TPSA) is 290 Å². The van der Waals surface area contributed by atoms with Gasteiger partial charge in [0.1, 0.15) is 28.8 Å². The van der Waals surface area contributed by atoms with Gasteiger partial charge in [-0.3, -0.25) is 19.5 Å². The van der Waals surface area contributed by atoms with Crippen LogP contribution in [0.15, 0.2) is 46.1 Å². The van der Waals surface area contributed by atoms with Gasteiger partial charge in [0.25, 0.3) is 10.0 Å². The fourth-order valence-electron chi connectivity index (χ4n) is 4.93. The molecule has 2 heterocycles. The number of anilines is 1. The van der Waals surface area contributed by atoms with Crippen LogP contribution in [0, 0.1) is 19.7 Å². The number of urea groups is 1. The normalized spacial score (nSPS) is 13.2. The predicted molar refractivity (Wildman–Crippen MR) is 221 cm³/mol. The van der Waals surface area contributed by atoms with Crippen molar-refractivity contribution in [1.29, 1.82) is 0 Å². The van der Waals surface area contributed by atoms with Crippen LogP contribution in [-0.4, -0.2) is 110 Å². The third-order valence-corrected chi connectivity index (χ3v) is 11.1. The van der Waals surface area contributed by atoms with Crippen LogP contribution < -0.4 is 26.2 Å². The van der Waals surface area contributed by atoms with Crippen molar-refractivity contribution < 1.29 is 73.2 Å². The molecule has 30 heteroatoms. The lowest BCUT2D eigenvalue weighted by Gasteiger charge is -2.13. The number of carboxylic acids is 1. The number of carbonyl (C=O) groups is 3. The number of aromatic nitrogens is 6. The number of amides is 2. The fourth-order valence-corrected chi connectivity index (χ4v) is 7.32. The van der Waals surface area contributed by atoms with Crippen LogP contribution in [0.25, 0.3) is 5.69 Å². The number of sulfonamides is 1. The summed E-state index contributed by atoms with van der Waals surface area (Å²) in [7, 11) is -6.25. The Hall–Kier alpha value is -5.34. The molecule has 2 amide bonds. The van der Waals surface area contributed by atoms with E-state index in [0.717, 1.165) is 18.2 Å². The summed E-state index contributed by atoms with van der Waals surface area (Å²) in [4.78, 5) is 65.5. The fraction of sp³-hybridized carbons (Fsp3) is 0.429. The number of hydrogen-bond acceptors (Lipinski definition) is 14. The zero-order chi connectivity index (χ0) is 49.6. The minimum Gasteiger partial charge on any atom is -0.480 e. The van der Waals surface area contributed by atoms with Gasteiger partial charge in [0, 0.05) is 30.7 Å². The number of rotatable bonds is 16. The highest BCUT2D eigenvalue weighted by Gasteiger charge is 2.29. The molecule has 0 fully saturated rings. The smallest absolute Gasteiger partial charge is 0.389 e. The average Bonchev–Trinajstić information content (AvgIpc) is 3.49. The van der Waals surface area contributed by atoms with Crippen LogP contribution in [0.3, 0.4) is 0 Å². The number of carboxylic acid groups (broad SMARTS) is 1. The molecule has 360 valence electrons. The number of nitrogens with zero attached hydrogens (tertiary/aromatic N) is 6. The molecule has 0 radical (unpaired) electrons. The van der Waals surface area contributed by atoms with Gasteiger partial charge >= 0.3 is 42.4 Å². The van der Waals surface area contributed by atoms with E-state index in [0.29, 0.717) is 4.68 Å². The van der Waals surface area contributed by atoms with Gasteiger partial charge in [0.15, 0.2) is 13.2 Å². The van der Waals surface area contributed by atoms with Crippen molar-refractivity contribution in [2.45, 2.75) is 75.5 Å². The average molecular weight is 1010 g/mol. The molecule has 3 unspecified atom stereocenters. The first-order valence-corrected chi connectivity index (χ1v) is 22.9. The number of methoxy groups -OCH3 is 1. The molecule has 0 bridgehead atoms. The zero-order valence-electron chi connectivity index (χ0n) is 34.6. The zero-order valence-corrected chi connectivity index (χ0v) is 37.9. The van der Waals surface area contributed by atoms with Gasteiger partial charge < -0.3 is 25.2 Å². The Labute approximate surface area is 376 Å². The van der Waals surface area contributed by atoms with Crippen LogP contribution in [0.4, 0.5) is 37.1 Å². The molecule has 0 aliphatic heterocycles. The lowest BCUT2D eigenvalue weighted by molar-refractivity contribution is -0.142. The first-order chi connectivity index (χ1) is 30.0. The molecule has 0 aliphatic carbocycles. The minimum atomic E-state index is -4.45. The maximum absolute atomic E-state index is 14.2. The number of halogens is 8. The summed E-state index contributed by atoms with van der Waals surface area (Å²) in [6, 6.07) is 4.81. The van der Waals surface area contributed by atoms with Crippen molar-refractivity contribution in [2.75, 3.05) is 31.9 Å². The van der Waals surface area contributed by atoms with Crippen LogP contribution >= 0.6 is 30.6 Å². The number of benzene rings is 2. The first-order valence-electron chi connectivity index (χ1n) is 18.3. The Bertz CT molecular complexity index is 2530. The molecule has 2 aromatic carbocycles. The maximum atomic E-state index is 14.2.